The first-order chi connectivity index (χ1) is 9.45. The number of ether oxygens (including phenoxy) is 1. The van der Waals surface area contributed by atoms with Gasteiger partial charge in [0.2, 0.25) is 0 Å². The smallest absolute Gasteiger partial charge is 0.123 e. The fourth-order valence-electron chi connectivity index (χ4n) is 2.96. The SMILES string of the molecule is CCC(N)C(c1cccc(F)c1)N1CCOCC1(C)C. The van der Waals surface area contributed by atoms with E-state index < -0.39 is 0 Å². The molecule has 112 valence electrons. The summed E-state index contributed by atoms with van der Waals surface area (Å²) in [5, 5.41) is 0. The molecule has 3 nitrogen and oxygen atoms in total. The monoisotopic (exact) mass is 280 g/mol. The van der Waals surface area contributed by atoms with Crippen LogP contribution in [-0.4, -0.2) is 36.2 Å². The first-order valence-electron chi connectivity index (χ1n) is 7.31. The van der Waals surface area contributed by atoms with Crippen LogP contribution >= 0.6 is 0 Å². The Kier molecular flexibility index (Phi) is 4.78. The molecular formula is C16H25FN2O. The highest BCUT2D eigenvalue weighted by Crippen LogP contribution is 2.33. The van der Waals surface area contributed by atoms with Crippen LogP contribution in [0, 0.1) is 5.82 Å². The first-order valence-corrected chi connectivity index (χ1v) is 7.31. The van der Waals surface area contributed by atoms with Gasteiger partial charge in [0, 0.05) is 18.1 Å². The molecule has 0 spiro atoms. The third-order valence-corrected chi connectivity index (χ3v) is 4.11. The van der Waals surface area contributed by atoms with Crippen molar-refractivity contribution in [2.45, 2.75) is 44.8 Å². The van der Waals surface area contributed by atoms with Crippen molar-refractivity contribution in [1.82, 2.24) is 4.90 Å². The lowest BCUT2D eigenvalue weighted by Crippen LogP contribution is -2.57. The zero-order valence-electron chi connectivity index (χ0n) is 12.6. The molecule has 1 saturated heterocycles. The maximum absolute atomic E-state index is 13.6. The van der Waals surface area contributed by atoms with E-state index in [-0.39, 0.29) is 23.4 Å². The van der Waals surface area contributed by atoms with Gasteiger partial charge in [-0.1, -0.05) is 19.1 Å². The largest absolute Gasteiger partial charge is 0.378 e. The van der Waals surface area contributed by atoms with Crippen LogP contribution in [0.1, 0.15) is 38.8 Å². The molecule has 0 saturated carbocycles. The maximum Gasteiger partial charge on any atom is 0.123 e. The topological polar surface area (TPSA) is 38.5 Å². The van der Waals surface area contributed by atoms with Crippen molar-refractivity contribution in [3.63, 3.8) is 0 Å². The molecule has 2 rings (SSSR count). The van der Waals surface area contributed by atoms with E-state index in [2.05, 4.69) is 25.7 Å². The predicted molar refractivity (Wildman–Crippen MR) is 79.0 cm³/mol. The Balaban J connectivity index is 2.37. The summed E-state index contributed by atoms with van der Waals surface area (Å²) in [6, 6.07) is 6.81. The van der Waals surface area contributed by atoms with Crippen molar-refractivity contribution in [1.29, 1.82) is 0 Å². The van der Waals surface area contributed by atoms with E-state index in [1.807, 2.05) is 6.07 Å². The van der Waals surface area contributed by atoms with Gasteiger partial charge in [-0.15, -0.1) is 0 Å². The minimum atomic E-state index is -0.207. The molecule has 1 aromatic rings. The van der Waals surface area contributed by atoms with E-state index in [1.54, 1.807) is 12.1 Å². The van der Waals surface area contributed by atoms with Gasteiger partial charge in [-0.3, -0.25) is 4.90 Å². The molecule has 4 heteroatoms. The van der Waals surface area contributed by atoms with E-state index >= 15 is 0 Å². The third kappa shape index (κ3) is 3.19. The van der Waals surface area contributed by atoms with Crippen LogP contribution < -0.4 is 5.73 Å². The quantitative estimate of drug-likeness (QED) is 0.921. The molecule has 1 aliphatic heterocycles. The highest BCUT2D eigenvalue weighted by molar-refractivity contribution is 5.23. The number of rotatable bonds is 4. The van der Waals surface area contributed by atoms with E-state index in [9.17, 15) is 4.39 Å². The minimum Gasteiger partial charge on any atom is -0.378 e. The van der Waals surface area contributed by atoms with Crippen LogP contribution in [0.15, 0.2) is 24.3 Å². The average molecular weight is 280 g/mol. The molecule has 1 fully saturated rings. The van der Waals surface area contributed by atoms with E-state index in [1.165, 1.54) is 6.07 Å². The van der Waals surface area contributed by atoms with Crippen LogP contribution in [0.4, 0.5) is 4.39 Å². The zero-order chi connectivity index (χ0) is 14.8. The second kappa shape index (κ2) is 6.20. The number of morpholine rings is 1. The number of halogens is 1. The van der Waals surface area contributed by atoms with Crippen LogP contribution in [0.25, 0.3) is 0 Å². The zero-order valence-corrected chi connectivity index (χ0v) is 12.6. The molecule has 2 atom stereocenters. The minimum absolute atomic E-state index is 0.0193. The fourth-order valence-corrected chi connectivity index (χ4v) is 2.96. The summed E-state index contributed by atoms with van der Waals surface area (Å²) >= 11 is 0. The van der Waals surface area contributed by atoms with Crippen LogP contribution in [-0.2, 0) is 4.74 Å². The second-order valence-electron chi connectivity index (χ2n) is 6.13. The number of hydrogen-bond acceptors (Lipinski definition) is 3. The molecule has 0 aromatic heterocycles. The van der Waals surface area contributed by atoms with Crippen molar-refractivity contribution in [3.8, 4) is 0 Å². The van der Waals surface area contributed by atoms with Gasteiger partial charge in [0.1, 0.15) is 5.82 Å². The molecule has 0 amide bonds. The van der Waals surface area contributed by atoms with Crippen molar-refractivity contribution in [2.75, 3.05) is 19.8 Å². The molecule has 1 aliphatic rings. The Bertz CT molecular complexity index is 450. The number of nitrogens with zero attached hydrogens (tertiary/aromatic N) is 1. The molecule has 2 N–H and O–H groups in total. The van der Waals surface area contributed by atoms with Crippen molar-refractivity contribution in [2.24, 2.45) is 5.73 Å². The Labute approximate surface area is 120 Å². The lowest BCUT2D eigenvalue weighted by atomic mass is 9.90. The lowest BCUT2D eigenvalue weighted by Gasteiger charge is -2.48. The maximum atomic E-state index is 13.6. The molecule has 0 radical (unpaired) electrons. The van der Waals surface area contributed by atoms with Crippen LogP contribution in [0.2, 0.25) is 0 Å². The first kappa shape index (κ1) is 15.4. The van der Waals surface area contributed by atoms with E-state index in [0.717, 1.165) is 18.5 Å². The number of nitrogens with two attached hydrogens (primary N) is 1. The predicted octanol–water partition coefficient (Wildman–Crippen LogP) is 2.71. The standard InChI is InChI=1S/C16H25FN2O/c1-4-14(18)15(12-6-5-7-13(17)10-12)19-8-9-20-11-16(19,2)3/h5-7,10,14-15H,4,8-9,11,18H2,1-3H3. The molecular weight excluding hydrogens is 255 g/mol. The Hall–Kier alpha value is -0.970. The van der Waals surface area contributed by atoms with Crippen molar-refractivity contribution < 1.29 is 9.13 Å². The van der Waals surface area contributed by atoms with Gasteiger partial charge in [0.25, 0.3) is 0 Å². The Morgan fingerprint density at radius 1 is 1.45 bits per heavy atom. The number of benzene rings is 1. The molecule has 20 heavy (non-hydrogen) atoms. The highest BCUT2D eigenvalue weighted by Gasteiger charge is 2.38. The summed E-state index contributed by atoms with van der Waals surface area (Å²) in [5.41, 5.74) is 7.20. The number of hydrogen-bond donors (Lipinski definition) is 1. The summed E-state index contributed by atoms with van der Waals surface area (Å²) in [7, 11) is 0. The van der Waals surface area contributed by atoms with Crippen LogP contribution in [0.5, 0.6) is 0 Å². The van der Waals surface area contributed by atoms with Crippen molar-refractivity contribution >= 4 is 0 Å². The van der Waals surface area contributed by atoms with Gasteiger partial charge in [-0.2, -0.15) is 0 Å². The highest BCUT2D eigenvalue weighted by atomic mass is 19.1. The van der Waals surface area contributed by atoms with E-state index in [4.69, 9.17) is 10.5 Å². The lowest BCUT2D eigenvalue weighted by molar-refractivity contribution is -0.0778. The normalized spacial score (nSPS) is 22.4. The molecule has 1 aromatic carbocycles. The summed E-state index contributed by atoms with van der Waals surface area (Å²) in [6.07, 6.45) is 0.856. The third-order valence-electron chi connectivity index (χ3n) is 4.11. The van der Waals surface area contributed by atoms with Gasteiger partial charge in [-0.25, -0.2) is 4.39 Å². The summed E-state index contributed by atoms with van der Waals surface area (Å²) < 4.78 is 19.2. The Morgan fingerprint density at radius 3 is 2.80 bits per heavy atom. The Morgan fingerprint density at radius 2 is 2.20 bits per heavy atom. The molecule has 0 bridgehead atoms. The second-order valence-corrected chi connectivity index (χ2v) is 6.13. The van der Waals surface area contributed by atoms with Crippen LogP contribution in [0.3, 0.4) is 0 Å². The molecule has 0 aliphatic carbocycles. The fraction of sp³-hybridized carbons (Fsp3) is 0.625. The summed E-state index contributed by atoms with van der Waals surface area (Å²) in [5.74, 6) is -0.207. The van der Waals surface area contributed by atoms with E-state index in [0.29, 0.717) is 13.2 Å². The molecule has 2 unspecified atom stereocenters. The summed E-state index contributed by atoms with van der Waals surface area (Å²) in [4.78, 5) is 2.36. The van der Waals surface area contributed by atoms with Gasteiger partial charge in [-0.05, 0) is 38.0 Å². The summed E-state index contributed by atoms with van der Waals surface area (Å²) in [6.45, 7) is 8.58. The van der Waals surface area contributed by atoms with Gasteiger partial charge in [0.05, 0.1) is 19.3 Å². The van der Waals surface area contributed by atoms with Gasteiger partial charge < -0.3 is 10.5 Å². The van der Waals surface area contributed by atoms with Gasteiger partial charge >= 0.3 is 0 Å². The molecule has 1 heterocycles. The van der Waals surface area contributed by atoms with Gasteiger partial charge in [0.15, 0.2) is 0 Å². The average Bonchev–Trinajstić information content (AvgIpc) is 2.40. The van der Waals surface area contributed by atoms with Crippen molar-refractivity contribution in [3.05, 3.63) is 35.6 Å².